The van der Waals surface area contributed by atoms with Crippen LogP contribution in [0, 0.1) is 5.92 Å². The van der Waals surface area contributed by atoms with Gasteiger partial charge in [-0.25, -0.2) is 0 Å². The van der Waals surface area contributed by atoms with Gasteiger partial charge >= 0.3 is 0 Å². The maximum absolute atomic E-state index is 3.79. The Labute approximate surface area is 101 Å². The van der Waals surface area contributed by atoms with E-state index in [1.54, 1.807) is 0 Å². The molecule has 0 nitrogen and oxygen atoms in total. The number of rotatable bonds is 4. The minimum Gasteiger partial charge on any atom is -0.0839 e. The van der Waals surface area contributed by atoms with Gasteiger partial charge in [0.1, 0.15) is 0 Å². The lowest BCUT2D eigenvalue weighted by atomic mass is 9.98. The zero-order valence-corrected chi connectivity index (χ0v) is 10.7. The van der Waals surface area contributed by atoms with Crippen molar-refractivity contribution < 1.29 is 0 Å². The Hall–Kier alpha value is -0.300. The van der Waals surface area contributed by atoms with Crippen LogP contribution in [-0.4, -0.2) is 0 Å². The summed E-state index contributed by atoms with van der Waals surface area (Å²) in [6, 6.07) is 10.8. The molecule has 1 heteroatoms. The second-order valence-electron chi connectivity index (χ2n) is 4.61. The summed E-state index contributed by atoms with van der Waals surface area (Å²) in [6.07, 6.45) is 8.54. The third kappa shape index (κ3) is 3.34. The highest BCUT2D eigenvalue weighted by Gasteiger charge is 2.16. The predicted molar refractivity (Wildman–Crippen MR) is 69.3 cm³/mol. The highest BCUT2D eigenvalue weighted by molar-refractivity contribution is 9.09. The Bertz CT molecular complexity index is 275. The Balaban J connectivity index is 1.79. The first-order valence-electron chi connectivity index (χ1n) is 6.05. The molecule has 0 heterocycles. The fourth-order valence-corrected chi connectivity index (χ4v) is 3.08. The molecule has 0 bridgehead atoms. The first-order chi connectivity index (χ1) is 7.36. The Morgan fingerprint density at radius 1 is 1.13 bits per heavy atom. The third-order valence-corrected chi connectivity index (χ3v) is 4.45. The lowest BCUT2D eigenvalue weighted by Gasteiger charge is -2.13. The molecule has 0 aromatic heterocycles. The molecule has 0 aliphatic heterocycles. The molecule has 1 aliphatic carbocycles. The van der Waals surface area contributed by atoms with Crippen molar-refractivity contribution in [1.29, 1.82) is 0 Å². The second-order valence-corrected chi connectivity index (χ2v) is 5.71. The van der Waals surface area contributed by atoms with Crippen molar-refractivity contribution in [2.24, 2.45) is 5.92 Å². The van der Waals surface area contributed by atoms with Gasteiger partial charge in [0.15, 0.2) is 0 Å². The van der Waals surface area contributed by atoms with Gasteiger partial charge in [0.2, 0.25) is 0 Å². The molecule has 0 N–H and O–H groups in total. The third-order valence-electron chi connectivity index (χ3n) is 3.46. The van der Waals surface area contributed by atoms with Crippen molar-refractivity contribution in [1.82, 2.24) is 0 Å². The van der Waals surface area contributed by atoms with Crippen molar-refractivity contribution in [3.05, 3.63) is 35.9 Å². The van der Waals surface area contributed by atoms with Crippen LogP contribution >= 0.6 is 15.9 Å². The second kappa shape index (κ2) is 5.69. The summed E-state index contributed by atoms with van der Waals surface area (Å²) >= 11 is 3.79. The average Bonchev–Trinajstić information content (AvgIpc) is 2.80. The van der Waals surface area contributed by atoms with Gasteiger partial charge in [0.25, 0.3) is 0 Å². The number of alkyl halides is 1. The molecule has 0 spiro atoms. The molecule has 1 aliphatic rings. The van der Waals surface area contributed by atoms with Crippen LogP contribution in [0.2, 0.25) is 0 Å². The zero-order valence-electron chi connectivity index (χ0n) is 9.16. The van der Waals surface area contributed by atoms with Crippen LogP contribution in [-0.2, 0) is 0 Å². The molecule has 15 heavy (non-hydrogen) atoms. The normalized spacial score (nSPS) is 19.3. The Morgan fingerprint density at radius 2 is 1.80 bits per heavy atom. The SMILES string of the molecule is BrC(CCC1CCCC1)c1ccccc1. The van der Waals surface area contributed by atoms with Gasteiger partial charge in [-0.05, 0) is 24.3 Å². The van der Waals surface area contributed by atoms with Crippen molar-refractivity contribution in [2.75, 3.05) is 0 Å². The van der Waals surface area contributed by atoms with E-state index in [-0.39, 0.29) is 0 Å². The van der Waals surface area contributed by atoms with Crippen LogP contribution in [0.15, 0.2) is 30.3 Å². The quantitative estimate of drug-likeness (QED) is 0.666. The number of hydrogen-bond donors (Lipinski definition) is 0. The molecule has 1 aromatic rings. The summed E-state index contributed by atoms with van der Waals surface area (Å²) in [5.74, 6) is 1.01. The number of halogens is 1. The molecular formula is C14H19Br. The van der Waals surface area contributed by atoms with Crippen molar-refractivity contribution in [2.45, 2.75) is 43.4 Å². The molecule has 0 amide bonds. The molecule has 0 saturated heterocycles. The van der Waals surface area contributed by atoms with E-state index in [4.69, 9.17) is 0 Å². The zero-order chi connectivity index (χ0) is 10.5. The number of benzene rings is 1. The summed E-state index contributed by atoms with van der Waals surface area (Å²) in [6.45, 7) is 0. The van der Waals surface area contributed by atoms with E-state index in [9.17, 15) is 0 Å². The molecule has 1 atom stereocenters. The highest BCUT2D eigenvalue weighted by atomic mass is 79.9. The molecular weight excluding hydrogens is 248 g/mol. The first kappa shape index (κ1) is 11.2. The summed E-state index contributed by atoms with van der Waals surface area (Å²) in [5.41, 5.74) is 1.43. The first-order valence-corrected chi connectivity index (χ1v) is 6.97. The average molecular weight is 267 g/mol. The van der Waals surface area contributed by atoms with Crippen LogP contribution in [0.4, 0.5) is 0 Å². The molecule has 2 rings (SSSR count). The molecule has 1 fully saturated rings. The largest absolute Gasteiger partial charge is 0.0839 e. The van der Waals surface area contributed by atoms with Gasteiger partial charge in [0, 0.05) is 4.83 Å². The van der Waals surface area contributed by atoms with Crippen molar-refractivity contribution in [3.63, 3.8) is 0 Å². The fraction of sp³-hybridized carbons (Fsp3) is 0.571. The topological polar surface area (TPSA) is 0 Å². The van der Waals surface area contributed by atoms with Crippen LogP contribution in [0.25, 0.3) is 0 Å². The summed E-state index contributed by atoms with van der Waals surface area (Å²) < 4.78 is 0. The van der Waals surface area contributed by atoms with Gasteiger partial charge < -0.3 is 0 Å². The van der Waals surface area contributed by atoms with Gasteiger partial charge in [-0.15, -0.1) is 0 Å². The summed E-state index contributed by atoms with van der Waals surface area (Å²) in [7, 11) is 0. The molecule has 1 unspecified atom stereocenters. The minimum atomic E-state index is 0.555. The molecule has 82 valence electrons. The van der Waals surface area contributed by atoms with Gasteiger partial charge in [-0.3, -0.25) is 0 Å². The summed E-state index contributed by atoms with van der Waals surface area (Å²) in [5, 5.41) is 0. The van der Waals surface area contributed by atoms with Gasteiger partial charge in [-0.1, -0.05) is 71.9 Å². The molecule has 1 saturated carbocycles. The van der Waals surface area contributed by atoms with Crippen LogP contribution in [0.3, 0.4) is 0 Å². The van der Waals surface area contributed by atoms with E-state index in [0.29, 0.717) is 4.83 Å². The van der Waals surface area contributed by atoms with E-state index in [0.717, 1.165) is 5.92 Å². The smallest absolute Gasteiger partial charge is 0.0395 e. The van der Waals surface area contributed by atoms with Crippen LogP contribution in [0.5, 0.6) is 0 Å². The van der Waals surface area contributed by atoms with E-state index in [1.165, 1.54) is 44.1 Å². The van der Waals surface area contributed by atoms with Crippen molar-refractivity contribution in [3.8, 4) is 0 Å². The minimum absolute atomic E-state index is 0.555. The van der Waals surface area contributed by atoms with E-state index in [2.05, 4.69) is 46.3 Å². The Morgan fingerprint density at radius 3 is 2.47 bits per heavy atom. The highest BCUT2D eigenvalue weighted by Crippen LogP contribution is 2.34. The van der Waals surface area contributed by atoms with E-state index >= 15 is 0 Å². The lowest BCUT2D eigenvalue weighted by molar-refractivity contribution is 0.483. The standard InChI is InChI=1S/C14H19Br/c15-14(13-8-2-1-3-9-13)11-10-12-6-4-5-7-12/h1-3,8-9,12,14H,4-7,10-11H2. The van der Waals surface area contributed by atoms with E-state index in [1.807, 2.05) is 0 Å². The van der Waals surface area contributed by atoms with Crippen LogP contribution < -0.4 is 0 Å². The predicted octanol–water partition coefficient (Wildman–Crippen LogP) is 5.09. The van der Waals surface area contributed by atoms with Gasteiger partial charge in [0.05, 0.1) is 0 Å². The number of hydrogen-bond acceptors (Lipinski definition) is 0. The molecule has 1 aromatic carbocycles. The van der Waals surface area contributed by atoms with Gasteiger partial charge in [-0.2, -0.15) is 0 Å². The van der Waals surface area contributed by atoms with Crippen LogP contribution in [0.1, 0.15) is 48.9 Å². The molecule has 0 radical (unpaired) electrons. The maximum atomic E-state index is 3.79. The van der Waals surface area contributed by atoms with E-state index < -0.39 is 0 Å². The Kier molecular flexibility index (Phi) is 4.25. The maximum Gasteiger partial charge on any atom is 0.0395 e. The fourth-order valence-electron chi connectivity index (χ4n) is 2.51. The summed E-state index contributed by atoms with van der Waals surface area (Å²) in [4.78, 5) is 0.555. The monoisotopic (exact) mass is 266 g/mol. The van der Waals surface area contributed by atoms with Crippen molar-refractivity contribution >= 4 is 15.9 Å². The lowest BCUT2D eigenvalue weighted by Crippen LogP contribution is -1.96.